The molecular formula is C15H25NOS2. The van der Waals surface area contributed by atoms with Gasteiger partial charge in [0.1, 0.15) is 6.29 Å². The third-order valence-electron chi connectivity index (χ3n) is 3.74. The number of aldehydes is 1. The Bertz CT molecular complexity index is 322. The van der Waals surface area contributed by atoms with E-state index in [2.05, 4.69) is 31.2 Å². The Kier molecular flexibility index (Phi) is 7.88. The fourth-order valence-electron chi connectivity index (χ4n) is 2.49. The molecule has 0 aliphatic heterocycles. The van der Waals surface area contributed by atoms with Crippen LogP contribution in [0.1, 0.15) is 52.4 Å². The van der Waals surface area contributed by atoms with Crippen LogP contribution in [0.25, 0.3) is 0 Å². The molecule has 1 rings (SSSR count). The molecule has 0 radical (unpaired) electrons. The molecule has 1 atom stereocenters. The first kappa shape index (κ1) is 16.9. The molecular weight excluding hydrogens is 274 g/mol. The normalized spacial score (nSPS) is 20.8. The fraction of sp³-hybridized carbons (Fsp3) is 0.667. The first-order valence-electron chi connectivity index (χ1n) is 7.01. The van der Waals surface area contributed by atoms with Crippen LogP contribution in [0.15, 0.2) is 22.3 Å². The van der Waals surface area contributed by atoms with Gasteiger partial charge in [-0.25, -0.2) is 4.72 Å². The van der Waals surface area contributed by atoms with E-state index in [1.54, 1.807) is 23.7 Å². The van der Waals surface area contributed by atoms with Crippen molar-refractivity contribution in [1.82, 2.24) is 4.72 Å². The summed E-state index contributed by atoms with van der Waals surface area (Å²) >= 11 is 3.18. The van der Waals surface area contributed by atoms with Crippen molar-refractivity contribution in [3.63, 3.8) is 0 Å². The monoisotopic (exact) mass is 299 g/mol. The summed E-state index contributed by atoms with van der Waals surface area (Å²) in [5, 5.41) is 1.83. The minimum Gasteiger partial charge on any atom is -0.302 e. The molecule has 4 heteroatoms. The Morgan fingerprint density at radius 2 is 2.11 bits per heavy atom. The molecule has 0 aromatic rings. The Labute approximate surface area is 126 Å². The van der Waals surface area contributed by atoms with E-state index in [0.717, 1.165) is 25.5 Å². The third-order valence-corrected chi connectivity index (χ3v) is 5.58. The van der Waals surface area contributed by atoms with Gasteiger partial charge < -0.3 is 4.79 Å². The number of rotatable bonds is 8. The summed E-state index contributed by atoms with van der Waals surface area (Å²) in [6, 6.07) is -0.0662. The summed E-state index contributed by atoms with van der Waals surface area (Å²) < 4.78 is 4.53. The van der Waals surface area contributed by atoms with Crippen LogP contribution in [0, 0.1) is 5.41 Å². The van der Waals surface area contributed by atoms with Gasteiger partial charge in [-0.3, -0.25) is 0 Å². The lowest BCUT2D eigenvalue weighted by Crippen LogP contribution is -2.43. The molecule has 1 N–H and O–H groups in total. The van der Waals surface area contributed by atoms with Gasteiger partial charge in [-0.15, -0.1) is 0 Å². The molecule has 0 bridgehead atoms. The van der Waals surface area contributed by atoms with Crippen molar-refractivity contribution in [2.45, 2.75) is 58.4 Å². The zero-order chi connectivity index (χ0) is 14.1. The Morgan fingerprint density at radius 1 is 1.42 bits per heavy atom. The molecule has 0 spiro atoms. The first-order chi connectivity index (χ1) is 9.16. The van der Waals surface area contributed by atoms with Crippen LogP contribution in [0.5, 0.6) is 0 Å². The van der Waals surface area contributed by atoms with Gasteiger partial charge in [0.05, 0.1) is 10.3 Å². The Balaban J connectivity index is 2.58. The van der Waals surface area contributed by atoms with Gasteiger partial charge >= 0.3 is 0 Å². The van der Waals surface area contributed by atoms with E-state index < -0.39 is 0 Å². The van der Waals surface area contributed by atoms with Crippen molar-refractivity contribution in [2.24, 2.45) is 5.41 Å². The highest BCUT2D eigenvalue weighted by molar-refractivity contribution is 8.22. The van der Waals surface area contributed by atoms with Gasteiger partial charge in [0.2, 0.25) is 0 Å². The molecule has 1 fully saturated rings. The van der Waals surface area contributed by atoms with Crippen LogP contribution in [0.2, 0.25) is 0 Å². The van der Waals surface area contributed by atoms with E-state index in [0.29, 0.717) is 0 Å². The second-order valence-electron chi connectivity index (χ2n) is 5.26. The standard InChI is InChI=1S/C15H25NOS2/c1-4-9-14(18-5-2)19-16-13(12-17)15(3)10-7-6-8-11-15/h5,9,12-13,16H,2,4,6-8,10-11H2,1,3H3/b14-9+. The van der Waals surface area contributed by atoms with Crippen LogP contribution in [0.3, 0.4) is 0 Å². The smallest absolute Gasteiger partial charge is 0.138 e. The number of allylic oxidation sites excluding steroid dienone is 1. The van der Waals surface area contributed by atoms with Crippen LogP contribution in [-0.2, 0) is 4.79 Å². The first-order valence-corrected chi connectivity index (χ1v) is 8.71. The van der Waals surface area contributed by atoms with E-state index in [9.17, 15) is 4.79 Å². The Hall–Kier alpha value is -0.190. The summed E-state index contributed by atoms with van der Waals surface area (Å²) in [5.41, 5.74) is 0.114. The number of thioether (sulfide) groups is 1. The summed E-state index contributed by atoms with van der Waals surface area (Å²) in [4.78, 5) is 11.4. The quantitative estimate of drug-likeness (QED) is 0.510. The maximum atomic E-state index is 11.4. The van der Waals surface area contributed by atoms with Crippen molar-refractivity contribution in [3.8, 4) is 0 Å². The summed E-state index contributed by atoms with van der Waals surface area (Å²) in [5.74, 6) is 0. The second kappa shape index (κ2) is 8.88. The summed E-state index contributed by atoms with van der Waals surface area (Å²) in [6.45, 7) is 8.10. The van der Waals surface area contributed by atoms with Crippen molar-refractivity contribution >= 4 is 30.0 Å². The maximum Gasteiger partial charge on any atom is 0.138 e. The molecule has 1 aliphatic carbocycles. The number of carbonyl (C=O) groups is 1. The number of carbonyl (C=O) groups excluding carboxylic acids is 1. The van der Waals surface area contributed by atoms with Crippen molar-refractivity contribution in [2.75, 3.05) is 0 Å². The molecule has 0 saturated heterocycles. The van der Waals surface area contributed by atoms with Crippen molar-refractivity contribution < 1.29 is 4.79 Å². The highest BCUT2D eigenvalue weighted by Crippen LogP contribution is 2.39. The number of nitrogens with one attached hydrogen (secondary N) is 1. The lowest BCUT2D eigenvalue weighted by atomic mass is 9.71. The summed E-state index contributed by atoms with van der Waals surface area (Å²) in [6.07, 6.45) is 10.3. The number of hydrogen-bond acceptors (Lipinski definition) is 4. The molecule has 0 aromatic heterocycles. The van der Waals surface area contributed by atoms with E-state index >= 15 is 0 Å². The van der Waals surface area contributed by atoms with Crippen LogP contribution in [-0.4, -0.2) is 12.3 Å². The minimum atomic E-state index is -0.0662. The van der Waals surface area contributed by atoms with Gasteiger partial charge in [-0.05, 0) is 42.0 Å². The van der Waals surface area contributed by atoms with Crippen LogP contribution < -0.4 is 4.72 Å². The molecule has 0 aromatic carbocycles. The van der Waals surface area contributed by atoms with E-state index in [-0.39, 0.29) is 11.5 Å². The molecule has 108 valence electrons. The largest absolute Gasteiger partial charge is 0.302 e. The third kappa shape index (κ3) is 5.36. The highest BCUT2D eigenvalue weighted by atomic mass is 32.2. The van der Waals surface area contributed by atoms with Crippen LogP contribution in [0.4, 0.5) is 0 Å². The molecule has 19 heavy (non-hydrogen) atoms. The second-order valence-corrected chi connectivity index (χ2v) is 7.41. The average Bonchev–Trinajstić information content (AvgIpc) is 2.40. The lowest BCUT2D eigenvalue weighted by molar-refractivity contribution is -0.112. The lowest BCUT2D eigenvalue weighted by Gasteiger charge is -2.38. The van der Waals surface area contributed by atoms with Gasteiger partial charge in [0.15, 0.2) is 0 Å². The van der Waals surface area contributed by atoms with E-state index in [4.69, 9.17) is 0 Å². The molecule has 1 unspecified atom stereocenters. The minimum absolute atomic E-state index is 0.0662. The Morgan fingerprint density at radius 3 is 2.63 bits per heavy atom. The molecule has 0 amide bonds. The van der Waals surface area contributed by atoms with Gasteiger partial charge in [-0.2, -0.15) is 0 Å². The van der Waals surface area contributed by atoms with Gasteiger partial charge in [0.25, 0.3) is 0 Å². The van der Waals surface area contributed by atoms with E-state index in [1.807, 2.05) is 5.41 Å². The van der Waals surface area contributed by atoms with Crippen LogP contribution >= 0.6 is 23.7 Å². The zero-order valence-corrected chi connectivity index (χ0v) is 13.6. The molecule has 0 heterocycles. The van der Waals surface area contributed by atoms with Crippen molar-refractivity contribution in [1.29, 1.82) is 0 Å². The average molecular weight is 300 g/mol. The van der Waals surface area contributed by atoms with Gasteiger partial charge in [-0.1, -0.05) is 57.5 Å². The maximum absolute atomic E-state index is 11.4. The van der Waals surface area contributed by atoms with Gasteiger partial charge in [0, 0.05) is 0 Å². The highest BCUT2D eigenvalue weighted by Gasteiger charge is 2.35. The van der Waals surface area contributed by atoms with E-state index in [1.165, 1.54) is 23.5 Å². The zero-order valence-electron chi connectivity index (χ0n) is 12.0. The predicted octanol–water partition coefficient (Wildman–Crippen LogP) is 4.89. The fourth-order valence-corrected chi connectivity index (χ4v) is 4.29. The van der Waals surface area contributed by atoms with Crippen molar-refractivity contribution in [3.05, 3.63) is 22.3 Å². The topological polar surface area (TPSA) is 29.1 Å². The predicted molar refractivity (Wildman–Crippen MR) is 87.9 cm³/mol. The molecule has 1 saturated carbocycles. The summed E-state index contributed by atoms with van der Waals surface area (Å²) in [7, 11) is 0. The molecule has 1 aliphatic rings. The molecule has 2 nitrogen and oxygen atoms in total. The SMILES string of the molecule is C=CS/C(=C\CC)SNC(C=O)C1(C)CCCCC1. The number of hydrogen-bond donors (Lipinski definition) is 1.